The minimum Gasteiger partial charge on any atom is -0.504 e. The third-order valence-electron chi connectivity index (χ3n) is 7.61. The molecule has 4 N–H and O–H groups in total. The molecule has 1 aliphatic carbocycles. The first-order chi connectivity index (χ1) is 18.5. The van der Waals surface area contributed by atoms with Gasteiger partial charge in [0, 0.05) is 50.2 Å². The number of carbonyl (C=O) groups is 2. The van der Waals surface area contributed by atoms with Crippen LogP contribution in [0.4, 0.5) is 0 Å². The van der Waals surface area contributed by atoms with E-state index in [1.54, 1.807) is 12.3 Å². The number of aryl methyl sites for hydroxylation is 1. The van der Waals surface area contributed by atoms with Crippen molar-refractivity contribution >= 4 is 44.5 Å². The van der Waals surface area contributed by atoms with Gasteiger partial charge >= 0.3 is 0 Å². The smallest absolute Gasteiger partial charge is 0.232 e. The Morgan fingerprint density at radius 1 is 0.949 bits per heavy atom. The highest BCUT2D eigenvalue weighted by molar-refractivity contribution is 6.48. The van der Waals surface area contributed by atoms with Crippen LogP contribution in [-0.2, 0) is 21.4 Å². The van der Waals surface area contributed by atoms with Crippen LogP contribution in [0.25, 0.3) is 33.0 Å². The number of aromatic nitrogens is 2. The number of rotatable bonds is 6. The average Bonchev–Trinajstić information content (AvgIpc) is 3.51. The maximum absolute atomic E-state index is 13.8. The van der Waals surface area contributed by atoms with E-state index in [4.69, 9.17) is 0 Å². The molecule has 0 unspecified atom stereocenters. The Morgan fingerprint density at radius 3 is 2.28 bits per heavy atom. The molecule has 5 rings (SSSR count). The number of aliphatic hydroxyl groups excluding tert-OH is 2. The molecule has 0 saturated carbocycles. The SMILES string of the molecule is C=CC(C)(C)c1[nH]c2c(C)cccc2c1C1=C(O)C(=O)C(c2c[nH]c3c(CC=C(C)C)cccc23)=C(O)C1=O. The number of fused-ring (bicyclic) bond motifs is 2. The Labute approximate surface area is 227 Å². The molecule has 4 aromatic rings. The number of nitrogens with one attached hydrogen (secondary N) is 2. The minimum absolute atomic E-state index is 0.215. The van der Waals surface area contributed by atoms with Gasteiger partial charge in [-0.3, -0.25) is 9.59 Å². The van der Waals surface area contributed by atoms with E-state index in [1.165, 1.54) is 5.57 Å². The lowest BCUT2D eigenvalue weighted by atomic mass is 9.80. The van der Waals surface area contributed by atoms with Gasteiger partial charge in [0.25, 0.3) is 0 Å². The predicted octanol–water partition coefficient (Wildman–Crippen LogP) is 7.32. The number of aromatic amines is 2. The van der Waals surface area contributed by atoms with Crippen LogP contribution in [0.3, 0.4) is 0 Å². The second-order valence-electron chi connectivity index (χ2n) is 10.9. The van der Waals surface area contributed by atoms with Gasteiger partial charge < -0.3 is 20.2 Å². The first-order valence-electron chi connectivity index (χ1n) is 12.9. The second kappa shape index (κ2) is 9.31. The van der Waals surface area contributed by atoms with Crippen molar-refractivity contribution in [3.63, 3.8) is 0 Å². The standard InChI is InChI=1S/C33H32N2O4/c1-7-33(5,6)32-23(21-13-8-10-18(4)26(21)35-32)25-30(38)28(36)24(29(37)31(25)39)22-16-34-27-19(15-14-17(2)3)11-9-12-20(22)27/h7-14,16,34-36,39H,1,15H2,2-6H3. The number of allylic oxidation sites excluding steroid dienone is 5. The molecular weight excluding hydrogens is 488 g/mol. The monoisotopic (exact) mass is 520 g/mol. The van der Waals surface area contributed by atoms with E-state index in [9.17, 15) is 19.8 Å². The number of ketones is 2. The summed E-state index contributed by atoms with van der Waals surface area (Å²) in [6.45, 7) is 13.8. The van der Waals surface area contributed by atoms with Gasteiger partial charge in [-0.05, 0) is 38.3 Å². The van der Waals surface area contributed by atoms with E-state index in [1.807, 2.05) is 71.0 Å². The molecule has 0 bridgehead atoms. The lowest BCUT2D eigenvalue weighted by Gasteiger charge is -2.24. The van der Waals surface area contributed by atoms with Crippen LogP contribution in [0, 0.1) is 6.92 Å². The summed E-state index contributed by atoms with van der Waals surface area (Å²) in [6.07, 6.45) is 6.14. The highest BCUT2D eigenvalue weighted by atomic mass is 16.3. The van der Waals surface area contributed by atoms with E-state index < -0.39 is 28.5 Å². The van der Waals surface area contributed by atoms with Crippen molar-refractivity contribution in [2.24, 2.45) is 0 Å². The van der Waals surface area contributed by atoms with Crippen molar-refractivity contribution in [2.45, 2.75) is 46.5 Å². The third-order valence-corrected chi connectivity index (χ3v) is 7.61. The van der Waals surface area contributed by atoms with Gasteiger partial charge in [0.2, 0.25) is 11.6 Å². The van der Waals surface area contributed by atoms with Crippen LogP contribution in [0.2, 0.25) is 0 Å². The molecule has 198 valence electrons. The maximum Gasteiger partial charge on any atom is 0.232 e. The van der Waals surface area contributed by atoms with E-state index in [0.717, 1.165) is 22.2 Å². The zero-order chi connectivity index (χ0) is 28.2. The van der Waals surface area contributed by atoms with Crippen LogP contribution < -0.4 is 0 Å². The number of benzene rings is 2. The number of aliphatic hydroxyl groups is 2. The van der Waals surface area contributed by atoms with Gasteiger partial charge in [-0.25, -0.2) is 0 Å². The third kappa shape index (κ3) is 4.04. The molecule has 0 aliphatic heterocycles. The van der Waals surface area contributed by atoms with E-state index >= 15 is 0 Å². The summed E-state index contributed by atoms with van der Waals surface area (Å²) in [4.78, 5) is 34.2. The van der Waals surface area contributed by atoms with Crippen molar-refractivity contribution in [1.82, 2.24) is 9.97 Å². The number of hydrogen-bond donors (Lipinski definition) is 4. The average molecular weight is 521 g/mol. The summed E-state index contributed by atoms with van der Waals surface area (Å²) in [6, 6.07) is 11.3. The molecule has 0 saturated heterocycles. The fourth-order valence-corrected chi connectivity index (χ4v) is 5.28. The van der Waals surface area contributed by atoms with Crippen LogP contribution in [0.15, 0.2) is 78.4 Å². The van der Waals surface area contributed by atoms with Crippen molar-refractivity contribution in [2.75, 3.05) is 0 Å². The van der Waals surface area contributed by atoms with E-state index in [2.05, 4.69) is 22.6 Å². The zero-order valence-electron chi connectivity index (χ0n) is 22.8. The van der Waals surface area contributed by atoms with Gasteiger partial charge in [-0.2, -0.15) is 0 Å². The predicted molar refractivity (Wildman–Crippen MR) is 157 cm³/mol. The first kappa shape index (κ1) is 26.0. The number of carbonyl (C=O) groups excluding carboxylic acids is 2. The molecule has 6 heteroatoms. The highest BCUT2D eigenvalue weighted by Gasteiger charge is 2.40. The normalized spacial score (nSPS) is 14.6. The summed E-state index contributed by atoms with van der Waals surface area (Å²) in [5.74, 6) is -2.98. The summed E-state index contributed by atoms with van der Waals surface area (Å²) < 4.78 is 0. The Bertz CT molecular complexity index is 1800. The van der Waals surface area contributed by atoms with E-state index in [-0.39, 0.29) is 11.1 Å². The Balaban J connectivity index is 1.71. The van der Waals surface area contributed by atoms with Crippen LogP contribution in [0.1, 0.15) is 55.6 Å². The fraction of sp³-hybridized carbons (Fsp3) is 0.212. The van der Waals surface area contributed by atoms with Crippen molar-refractivity contribution in [1.29, 1.82) is 0 Å². The van der Waals surface area contributed by atoms with Gasteiger partial charge in [0.1, 0.15) is 0 Å². The maximum atomic E-state index is 13.8. The molecule has 0 atom stereocenters. The quantitative estimate of drug-likeness (QED) is 0.158. The number of hydrogen-bond acceptors (Lipinski definition) is 4. The summed E-state index contributed by atoms with van der Waals surface area (Å²) in [5, 5.41) is 24.0. The molecule has 6 nitrogen and oxygen atoms in total. The molecule has 2 aromatic heterocycles. The minimum atomic E-state index is -0.805. The van der Waals surface area contributed by atoms with Crippen molar-refractivity contribution in [3.8, 4) is 0 Å². The van der Waals surface area contributed by atoms with Crippen molar-refractivity contribution < 1.29 is 19.8 Å². The molecule has 2 heterocycles. The summed E-state index contributed by atoms with van der Waals surface area (Å²) >= 11 is 0. The topological polar surface area (TPSA) is 106 Å². The van der Waals surface area contributed by atoms with Gasteiger partial charge in [0.05, 0.1) is 11.1 Å². The molecule has 2 aromatic carbocycles. The van der Waals surface area contributed by atoms with Crippen LogP contribution >= 0.6 is 0 Å². The Hall–Kier alpha value is -4.58. The van der Waals surface area contributed by atoms with Crippen molar-refractivity contribution in [3.05, 3.63) is 106 Å². The second-order valence-corrected chi connectivity index (χ2v) is 10.9. The molecule has 1 aliphatic rings. The Kier molecular flexibility index (Phi) is 6.22. The molecule has 39 heavy (non-hydrogen) atoms. The van der Waals surface area contributed by atoms with Gasteiger partial charge in [0.15, 0.2) is 11.5 Å². The molecule has 0 amide bonds. The molecule has 0 radical (unpaired) electrons. The largest absolute Gasteiger partial charge is 0.504 e. The number of Topliss-reactive ketones (excluding diaryl/α,β-unsaturated/α-hetero) is 2. The fourth-order valence-electron chi connectivity index (χ4n) is 5.28. The number of H-pyrrole nitrogens is 2. The molecule has 0 spiro atoms. The summed E-state index contributed by atoms with van der Waals surface area (Å²) in [7, 11) is 0. The molecule has 0 fully saturated rings. The van der Waals surface area contributed by atoms with Gasteiger partial charge in [-0.15, -0.1) is 6.58 Å². The number of para-hydroxylation sites is 2. The van der Waals surface area contributed by atoms with E-state index in [0.29, 0.717) is 34.0 Å². The van der Waals surface area contributed by atoms with Gasteiger partial charge in [-0.1, -0.05) is 68.0 Å². The first-order valence-corrected chi connectivity index (χ1v) is 12.9. The summed E-state index contributed by atoms with van der Waals surface area (Å²) in [5.41, 5.74) is 5.05. The highest BCUT2D eigenvalue weighted by Crippen LogP contribution is 2.43. The zero-order valence-corrected chi connectivity index (χ0v) is 22.8. The Morgan fingerprint density at radius 2 is 1.59 bits per heavy atom. The lowest BCUT2D eigenvalue weighted by Crippen LogP contribution is -2.25. The van der Waals surface area contributed by atoms with Crippen LogP contribution in [-0.4, -0.2) is 31.7 Å². The lowest BCUT2D eigenvalue weighted by molar-refractivity contribution is -0.116. The molecular formula is C33H32N2O4. The van der Waals surface area contributed by atoms with Crippen LogP contribution in [0.5, 0.6) is 0 Å².